The first kappa shape index (κ1) is 18.8. The number of likely N-dealkylation sites (N-methyl/N-ethyl adjacent to an activating group) is 1. The molecule has 2 aromatic heterocycles. The first-order valence-electron chi connectivity index (χ1n) is 9.15. The number of nitrogens with zero attached hydrogens (tertiary/aromatic N) is 5. The number of rotatable bonds is 5. The van der Waals surface area contributed by atoms with E-state index in [0.29, 0.717) is 31.7 Å². The molecule has 0 saturated carbocycles. The first-order chi connectivity index (χ1) is 13.0. The molecule has 1 aliphatic heterocycles. The quantitative estimate of drug-likeness (QED) is 0.800. The van der Waals surface area contributed by atoms with Crippen molar-refractivity contribution in [3.63, 3.8) is 0 Å². The van der Waals surface area contributed by atoms with Gasteiger partial charge in [-0.15, -0.1) is 0 Å². The third-order valence-corrected chi connectivity index (χ3v) is 4.88. The summed E-state index contributed by atoms with van der Waals surface area (Å²) in [5.74, 6) is 0.825. The summed E-state index contributed by atoms with van der Waals surface area (Å²) < 4.78 is 0. The maximum atomic E-state index is 12.8. The van der Waals surface area contributed by atoms with Crippen LogP contribution in [-0.2, 0) is 11.2 Å². The Labute approximate surface area is 159 Å². The molecule has 1 aliphatic rings. The van der Waals surface area contributed by atoms with E-state index in [1.165, 1.54) is 5.56 Å². The number of carbonyl (C=O) groups excluding carboxylic acids is 2. The van der Waals surface area contributed by atoms with E-state index in [4.69, 9.17) is 0 Å². The molecule has 0 N–H and O–H groups in total. The summed E-state index contributed by atoms with van der Waals surface area (Å²) in [6.45, 7) is 4.66. The van der Waals surface area contributed by atoms with Gasteiger partial charge in [0.1, 0.15) is 5.82 Å². The predicted octanol–water partition coefficient (Wildman–Crippen LogP) is 1.46. The van der Waals surface area contributed by atoms with Crippen LogP contribution in [-0.4, -0.2) is 71.4 Å². The fraction of sp³-hybridized carbons (Fsp3) is 0.400. The van der Waals surface area contributed by atoms with Crippen molar-refractivity contribution in [1.82, 2.24) is 19.8 Å². The zero-order valence-corrected chi connectivity index (χ0v) is 15.8. The molecule has 0 radical (unpaired) electrons. The molecule has 3 rings (SSSR count). The Hall–Kier alpha value is -2.96. The highest BCUT2D eigenvalue weighted by Crippen LogP contribution is 2.15. The minimum Gasteiger partial charge on any atom is -0.359 e. The van der Waals surface area contributed by atoms with Crippen LogP contribution in [0.15, 0.2) is 42.9 Å². The van der Waals surface area contributed by atoms with Crippen LogP contribution in [0.1, 0.15) is 22.8 Å². The van der Waals surface area contributed by atoms with Gasteiger partial charge in [-0.1, -0.05) is 0 Å². The highest BCUT2D eigenvalue weighted by atomic mass is 16.2. The number of piperazine rings is 1. The van der Waals surface area contributed by atoms with Crippen molar-refractivity contribution in [2.75, 3.05) is 44.7 Å². The van der Waals surface area contributed by atoms with Crippen LogP contribution in [0.5, 0.6) is 0 Å². The largest absolute Gasteiger partial charge is 0.359 e. The van der Waals surface area contributed by atoms with Crippen LogP contribution in [0.25, 0.3) is 0 Å². The molecule has 7 heteroatoms. The molecule has 0 spiro atoms. The molecule has 0 aliphatic carbocycles. The Morgan fingerprint density at radius 3 is 2.37 bits per heavy atom. The van der Waals surface area contributed by atoms with Gasteiger partial charge in [0.25, 0.3) is 5.91 Å². The van der Waals surface area contributed by atoms with Gasteiger partial charge in [0, 0.05) is 70.8 Å². The van der Waals surface area contributed by atoms with E-state index in [-0.39, 0.29) is 11.8 Å². The Bertz CT molecular complexity index is 788. The summed E-state index contributed by atoms with van der Waals surface area (Å²) in [6.07, 6.45) is 6.14. The van der Waals surface area contributed by atoms with Gasteiger partial charge in [-0.2, -0.15) is 0 Å². The number of anilines is 1. The lowest BCUT2D eigenvalue weighted by Gasteiger charge is -2.34. The van der Waals surface area contributed by atoms with Crippen LogP contribution < -0.4 is 4.90 Å². The maximum absolute atomic E-state index is 12.8. The van der Waals surface area contributed by atoms with Crippen molar-refractivity contribution in [2.24, 2.45) is 0 Å². The van der Waals surface area contributed by atoms with Crippen LogP contribution in [0.4, 0.5) is 5.82 Å². The minimum absolute atomic E-state index is 0.00983. The SMILES string of the molecule is CC(=O)N1CCN(C(=O)c2ccnc(N(C)CCc3ccncc3)c2)CC1. The second-order valence-electron chi connectivity index (χ2n) is 6.73. The molecule has 0 aromatic carbocycles. The van der Waals surface area contributed by atoms with Gasteiger partial charge in [0.05, 0.1) is 0 Å². The van der Waals surface area contributed by atoms with Gasteiger partial charge in [-0.3, -0.25) is 14.6 Å². The Morgan fingerprint density at radius 1 is 1.04 bits per heavy atom. The fourth-order valence-corrected chi connectivity index (χ4v) is 3.13. The summed E-state index contributed by atoms with van der Waals surface area (Å²) in [7, 11) is 1.98. The number of pyridine rings is 2. The van der Waals surface area contributed by atoms with Gasteiger partial charge in [-0.05, 0) is 36.2 Å². The summed E-state index contributed by atoms with van der Waals surface area (Å²) >= 11 is 0. The highest BCUT2D eigenvalue weighted by Gasteiger charge is 2.23. The number of aromatic nitrogens is 2. The van der Waals surface area contributed by atoms with E-state index in [0.717, 1.165) is 18.8 Å². The van der Waals surface area contributed by atoms with E-state index in [9.17, 15) is 9.59 Å². The lowest BCUT2D eigenvalue weighted by Crippen LogP contribution is -2.50. The number of hydrogen-bond acceptors (Lipinski definition) is 5. The Kier molecular flexibility index (Phi) is 6.01. The molecule has 7 nitrogen and oxygen atoms in total. The maximum Gasteiger partial charge on any atom is 0.254 e. The molecule has 3 heterocycles. The highest BCUT2D eigenvalue weighted by molar-refractivity contribution is 5.95. The zero-order valence-electron chi connectivity index (χ0n) is 15.8. The minimum atomic E-state index is -0.00983. The van der Waals surface area contributed by atoms with E-state index in [1.54, 1.807) is 41.4 Å². The molecule has 0 unspecified atom stereocenters. The summed E-state index contributed by atoms with van der Waals surface area (Å²) in [5, 5.41) is 0. The van der Waals surface area contributed by atoms with E-state index >= 15 is 0 Å². The number of amides is 2. The average molecular weight is 367 g/mol. The fourth-order valence-electron chi connectivity index (χ4n) is 3.13. The third-order valence-electron chi connectivity index (χ3n) is 4.88. The number of hydrogen-bond donors (Lipinski definition) is 0. The summed E-state index contributed by atoms with van der Waals surface area (Å²) in [4.78, 5) is 38.3. The van der Waals surface area contributed by atoms with E-state index in [1.807, 2.05) is 30.1 Å². The molecule has 1 fully saturated rings. The lowest BCUT2D eigenvalue weighted by molar-refractivity contribution is -0.130. The van der Waals surface area contributed by atoms with Crippen molar-refractivity contribution in [2.45, 2.75) is 13.3 Å². The topological polar surface area (TPSA) is 69.6 Å². The van der Waals surface area contributed by atoms with Crippen molar-refractivity contribution in [1.29, 1.82) is 0 Å². The van der Waals surface area contributed by atoms with Gasteiger partial charge < -0.3 is 14.7 Å². The molecular weight excluding hydrogens is 342 g/mol. The molecular formula is C20H25N5O2. The van der Waals surface area contributed by atoms with Gasteiger partial charge in [-0.25, -0.2) is 4.98 Å². The third kappa shape index (κ3) is 4.81. The monoisotopic (exact) mass is 367 g/mol. The van der Waals surface area contributed by atoms with E-state index in [2.05, 4.69) is 9.97 Å². The van der Waals surface area contributed by atoms with Gasteiger partial charge in [0.2, 0.25) is 5.91 Å². The summed E-state index contributed by atoms with van der Waals surface area (Å²) in [6, 6.07) is 7.59. The van der Waals surface area contributed by atoms with Crippen molar-refractivity contribution >= 4 is 17.6 Å². The lowest BCUT2D eigenvalue weighted by atomic mass is 10.2. The van der Waals surface area contributed by atoms with Crippen LogP contribution in [0.2, 0.25) is 0 Å². The first-order valence-corrected chi connectivity index (χ1v) is 9.15. The molecule has 2 aromatic rings. The number of carbonyl (C=O) groups is 2. The Morgan fingerprint density at radius 2 is 1.70 bits per heavy atom. The molecule has 0 bridgehead atoms. The molecule has 0 atom stereocenters. The standard InChI is InChI=1S/C20H25N5O2/c1-16(26)24-11-13-25(14-12-24)20(27)18-5-9-22-19(15-18)23(2)10-6-17-3-7-21-8-4-17/h3-5,7-9,15H,6,10-14H2,1-2H3. The van der Waals surface area contributed by atoms with Crippen LogP contribution in [0, 0.1) is 0 Å². The smallest absolute Gasteiger partial charge is 0.254 e. The van der Waals surface area contributed by atoms with E-state index < -0.39 is 0 Å². The van der Waals surface area contributed by atoms with Crippen LogP contribution in [0.3, 0.4) is 0 Å². The predicted molar refractivity (Wildman–Crippen MR) is 104 cm³/mol. The zero-order chi connectivity index (χ0) is 19.2. The van der Waals surface area contributed by atoms with Crippen LogP contribution >= 0.6 is 0 Å². The molecule has 2 amide bonds. The molecule has 1 saturated heterocycles. The second-order valence-corrected chi connectivity index (χ2v) is 6.73. The molecule has 142 valence electrons. The Balaban J connectivity index is 1.61. The van der Waals surface area contributed by atoms with Crippen molar-refractivity contribution in [3.05, 3.63) is 54.0 Å². The van der Waals surface area contributed by atoms with Crippen molar-refractivity contribution < 1.29 is 9.59 Å². The van der Waals surface area contributed by atoms with Crippen molar-refractivity contribution in [3.8, 4) is 0 Å². The summed E-state index contributed by atoms with van der Waals surface area (Å²) in [5.41, 5.74) is 1.85. The normalized spacial score (nSPS) is 14.1. The van der Waals surface area contributed by atoms with Gasteiger partial charge >= 0.3 is 0 Å². The van der Waals surface area contributed by atoms with Gasteiger partial charge in [0.15, 0.2) is 0 Å². The average Bonchev–Trinajstić information content (AvgIpc) is 2.72. The molecule has 27 heavy (non-hydrogen) atoms. The second kappa shape index (κ2) is 8.62.